The number of amides is 1. The Labute approximate surface area is 105 Å². The van der Waals surface area contributed by atoms with Crippen molar-refractivity contribution in [1.82, 2.24) is 15.3 Å². The topological polar surface area (TPSA) is 67.0 Å². The van der Waals surface area contributed by atoms with E-state index in [0.717, 1.165) is 30.5 Å². The Bertz CT molecular complexity index is 558. The number of pyridine rings is 1. The fraction of sp³-hybridized carbons (Fsp3) is 0.385. The van der Waals surface area contributed by atoms with Gasteiger partial charge in [-0.3, -0.25) is 4.79 Å². The summed E-state index contributed by atoms with van der Waals surface area (Å²) in [6, 6.07) is 3.72. The van der Waals surface area contributed by atoms with Crippen LogP contribution in [0.4, 0.5) is 0 Å². The summed E-state index contributed by atoms with van der Waals surface area (Å²) in [4.78, 5) is 19.2. The Morgan fingerprint density at radius 1 is 1.61 bits per heavy atom. The van der Waals surface area contributed by atoms with E-state index in [4.69, 9.17) is 4.74 Å². The van der Waals surface area contributed by atoms with Crippen LogP contribution in [0.1, 0.15) is 23.2 Å². The van der Waals surface area contributed by atoms with Crippen LogP contribution in [0.25, 0.3) is 11.0 Å². The molecule has 5 nitrogen and oxygen atoms in total. The molecule has 1 aliphatic rings. The minimum absolute atomic E-state index is 0.0789. The number of H-pyrrole nitrogens is 1. The largest absolute Gasteiger partial charge is 0.376 e. The average Bonchev–Trinajstić information content (AvgIpc) is 3.05. The van der Waals surface area contributed by atoms with Gasteiger partial charge in [0.25, 0.3) is 5.91 Å². The number of fused-ring (bicyclic) bond motifs is 1. The quantitative estimate of drug-likeness (QED) is 0.860. The lowest BCUT2D eigenvalue weighted by Crippen LogP contribution is -2.31. The van der Waals surface area contributed by atoms with Gasteiger partial charge in [-0.25, -0.2) is 4.98 Å². The molecular formula is C13H15N3O2. The summed E-state index contributed by atoms with van der Waals surface area (Å²) in [7, 11) is 0. The highest BCUT2D eigenvalue weighted by Crippen LogP contribution is 2.16. The molecule has 1 fully saturated rings. The number of nitrogens with zero attached hydrogens (tertiary/aromatic N) is 1. The molecule has 0 radical (unpaired) electrons. The second kappa shape index (κ2) is 4.78. The molecule has 1 saturated heterocycles. The van der Waals surface area contributed by atoms with Crippen molar-refractivity contribution in [3.8, 4) is 0 Å². The maximum Gasteiger partial charge on any atom is 0.253 e. The molecule has 3 rings (SSSR count). The van der Waals surface area contributed by atoms with Crippen molar-refractivity contribution in [2.75, 3.05) is 13.2 Å². The highest BCUT2D eigenvalue weighted by Gasteiger charge is 2.18. The van der Waals surface area contributed by atoms with Crippen molar-refractivity contribution >= 4 is 16.9 Å². The molecule has 0 unspecified atom stereocenters. The number of aromatic amines is 1. The van der Waals surface area contributed by atoms with Gasteiger partial charge in [0.05, 0.1) is 11.7 Å². The third-order valence-corrected chi connectivity index (χ3v) is 3.21. The summed E-state index contributed by atoms with van der Waals surface area (Å²) in [6.07, 6.45) is 5.67. The Morgan fingerprint density at radius 3 is 3.39 bits per heavy atom. The van der Waals surface area contributed by atoms with E-state index < -0.39 is 0 Å². The minimum Gasteiger partial charge on any atom is -0.376 e. The first kappa shape index (κ1) is 11.2. The van der Waals surface area contributed by atoms with E-state index in [1.165, 1.54) is 0 Å². The fourth-order valence-corrected chi connectivity index (χ4v) is 2.25. The fourth-order valence-electron chi connectivity index (χ4n) is 2.25. The number of nitrogens with one attached hydrogen (secondary N) is 2. The molecule has 2 aromatic heterocycles. The summed E-state index contributed by atoms with van der Waals surface area (Å²) in [6.45, 7) is 1.38. The Balaban J connectivity index is 1.71. The van der Waals surface area contributed by atoms with Crippen LogP contribution in [0, 0.1) is 0 Å². The molecule has 18 heavy (non-hydrogen) atoms. The smallest absolute Gasteiger partial charge is 0.253 e. The third-order valence-electron chi connectivity index (χ3n) is 3.21. The SMILES string of the molecule is O=C(NC[C@@H]1CCCO1)c1c[nH]c2ncccc12. The number of hydrogen-bond acceptors (Lipinski definition) is 3. The van der Waals surface area contributed by atoms with Crippen LogP contribution in [-0.4, -0.2) is 35.1 Å². The number of carbonyl (C=O) groups excluding carboxylic acids is 1. The second-order valence-corrected chi connectivity index (χ2v) is 4.45. The summed E-state index contributed by atoms with van der Waals surface area (Å²) >= 11 is 0. The summed E-state index contributed by atoms with van der Waals surface area (Å²) < 4.78 is 5.47. The maximum absolute atomic E-state index is 12.1. The van der Waals surface area contributed by atoms with E-state index in [1.54, 1.807) is 12.4 Å². The first-order valence-electron chi connectivity index (χ1n) is 6.16. The molecule has 0 bridgehead atoms. The van der Waals surface area contributed by atoms with Crippen LogP contribution in [0.5, 0.6) is 0 Å². The third kappa shape index (κ3) is 2.09. The van der Waals surface area contributed by atoms with E-state index in [2.05, 4.69) is 15.3 Å². The molecule has 1 amide bonds. The van der Waals surface area contributed by atoms with E-state index >= 15 is 0 Å². The molecule has 0 aromatic carbocycles. The van der Waals surface area contributed by atoms with Gasteiger partial charge in [0, 0.05) is 30.9 Å². The van der Waals surface area contributed by atoms with Crippen molar-refractivity contribution in [2.24, 2.45) is 0 Å². The van der Waals surface area contributed by atoms with Crippen molar-refractivity contribution < 1.29 is 9.53 Å². The standard InChI is InChI=1S/C13H15N3O2/c17-13(16-7-9-3-2-6-18-9)11-8-15-12-10(11)4-1-5-14-12/h1,4-5,8-9H,2-3,6-7H2,(H,14,15)(H,16,17)/t9-/m0/s1. The summed E-state index contributed by atoms with van der Waals surface area (Å²) in [5, 5.41) is 3.76. The van der Waals surface area contributed by atoms with Crippen LogP contribution in [0.3, 0.4) is 0 Å². The van der Waals surface area contributed by atoms with Crippen molar-refractivity contribution in [3.05, 3.63) is 30.1 Å². The molecule has 5 heteroatoms. The predicted octanol–water partition coefficient (Wildman–Crippen LogP) is 1.47. The Hall–Kier alpha value is -1.88. The van der Waals surface area contributed by atoms with E-state index in [-0.39, 0.29) is 12.0 Å². The van der Waals surface area contributed by atoms with Gasteiger partial charge in [-0.05, 0) is 25.0 Å². The molecule has 0 spiro atoms. The first-order chi connectivity index (χ1) is 8.84. The number of ether oxygens (including phenoxy) is 1. The van der Waals surface area contributed by atoms with Gasteiger partial charge in [0.2, 0.25) is 0 Å². The van der Waals surface area contributed by atoms with Crippen LogP contribution in [0.2, 0.25) is 0 Å². The lowest BCUT2D eigenvalue weighted by Gasteiger charge is -2.10. The van der Waals surface area contributed by atoms with Crippen LogP contribution in [0.15, 0.2) is 24.5 Å². The van der Waals surface area contributed by atoms with Gasteiger partial charge in [-0.1, -0.05) is 0 Å². The van der Waals surface area contributed by atoms with E-state index in [0.29, 0.717) is 12.1 Å². The number of carbonyl (C=O) groups is 1. The van der Waals surface area contributed by atoms with Gasteiger partial charge in [0.1, 0.15) is 5.65 Å². The molecule has 1 aliphatic heterocycles. The zero-order valence-corrected chi connectivity index (χ0v) is 9.98. The molecule has 2 aromatic rings. The van der Waals surface area contributed by atoms with Gasteiger partial charge < -0.3 is 15.0 Å². The van der Waals surface area contributed by atoms with Gasteiger partial charge >= 0.3 is 0 Å². The van der Waals surface area contributed by atoms with Crippen molar-refractivity contribution in [3.63, 3.8) is 0 Å². The predicted molar refractivity (Wildman–Crippen MR) is 67.4 cm³/mol. The average molecular weight is 245 g/mol. The zero-order valence-electron chi connectivity index (χ0n) is 9.98. The van der Waals surface area contributed by atoms with Crippen molar-refractivity contribution in [1.29, 1.82) is 0 Å². The number of rotatable bonds is 3. The van der Waals surface area contributed by atoms with Crippen LogP contribution in [-0.2, 0) is 4.74 Å². The first-order valence-corrected chi connectivity index (χ1v) is 6.16. The zero-order chi connectivity index (χ0) is 12.4. The normalized spacial score (nSPS) is 19.2. The molecule has 0 aliphatic carbocycles. The highest BCUT2D eigenvalue weighted by atomic mass is 16.5. The Kier molecular flexibility index (Phi) is 2.98. The minimum atomic E-state index is -0.0789. The molecule has 1 atom stereocenters. The van der Waals surface area contributed by atoms with Crippen LogP contribution < -0.4 is 5.32 Å². The monoisotopic (exact) mass is 245 g/mol. The maximum atomic E-state index is 12.1. The van der Waals surface area contributed by atoms with E-state index in [1.807, 2.05) is 12.1 Å². The molecule has 94 valence electrons. The Morgan fingerprint density at radius 2 is 2.56 bits per heavy atom. The van der Waals surface area contributed by atoms with Gasteiger partial charge in [-0.15, -0.1) is 0 Å². The van der Waals surface area contributed by atoms with Crippen LogP contribution >= 0.6 is 0 Å². The van der Waals surface area contributed by atoms with Crippen molar-refractivity contribution in [2.45, 2.75) is 18.9 Å². The summed E-state index contributed by atoms with van der Waals surface area (Å²) in [5.41, 5.74) is 1.37. The molecule has 3 heterocycles. The lowest BCUT2D eigenvalue weighted by molar-refractivity contribution is 0.0859. The summed E-state index contributed by atoms with van der Waals surface area (Å²) in [5.74, 6) is -0.0789. The molecular weight excluding hydrogens is 230 g/mol. The lowest BCUT2D eigenvalue weighted by atomic mass is 10.2. The van der Waals surface area contributed by atoms with E-state index in [9.17, 15) is 4.79 Å². The number of hydrogen-bond donors (Lipinski definition) is 2. The molecule has 0 saturated carbocycles. The highest BCUT2D eigenvalue weighted by molar-refractivity contribution is 6.05. The number of aromatic nitrogens is 2. The second-order valence-electron chi connectivity index (χ2n) is 4.45. The molecule has 2 N–H and O–H groups in total. The van der Waals surface area contributed by atoms with Gasteiger partial charge in [-0.2, -0.15) is 0 Å². The van der Waals surface area contributed by atoms with Gasteiger partial charge in [0.15, 0.2) is 0 Å².